The van der Waals surface area contributed by atoms with E-state index in [9.17, 15) is 0 Å². The molecule has 1 nitrogen and oxygen atoms in total. The molecular weight excluding hydrogens is 206 g/mol. The maximum atomic E-state index is 2.69. The predicted molar refractivity (Wildman–Crippen MR) is 77.4 cm³/mol. The van der Waals surface area contributed by atoms with Gasteiger partial charge in [0.25, 0.3) is 0 Å². The van der Waals surface area contributed by atoms with E-state index in [2.05, 4.69) is 18.7 Å². The number of hydrogen-bond acceptors (Lipinski definition) is 1. The van der Waals surface area contributed by atoms with Gasteiger partial charge in [0.1, 0.15) is 0 Å². The van der Waals surface area contributed by atoms with Crippen LogP contribution in [0.5, 0.6) is 0 Å². The third kappa shape index (κ3) is 7.08. The lowest BCUT2D eigenvalue weighted by Gasteiger charge is -2.15. The van der Waals surface area contributed by atoms with Gasteiger partial charge in [0, 0.05) is 6.54 Å². The molecule has 0 N–H and O–H groups in total. The van der Waals surface area contributed by atoms with Gasteiger partial charge in [-0.1, -0.05) is 65.2 Å². The van der Waals surface area contributed by atoms with E-state index in [1.807, 2.05) is 0 Å². The first-order valence-corrected chi connectivity index (χ1v) is 8.09. The molecule has 102 valence electrons. The van der Waals surface area contributed by atoms with Crippen molar-refractivity contribution >= 4 is 0 Å². The van der Waals surface area contributed by atoms with Crippen molar-refractivity contribution in [1.29, 1.82) is 0 Å². The first-order chi connectivity index (χ1) is 8.36. The summed E-state index contributed by atoms with van der Waals surface area (Å²) >= 11 is 0. The van der Waals surface area contributed by atoms with E-state index >= 15 is 0 Å². The fourth-order valence-electron chi connectivity index (χ4n) is 2.92. The summed E-state index contributed by atoms with van der Waals surface area (Å²) in [6.07, 6.45) is 14.4. The summed E-state index contributed by atoms with van der Waals surface area (Å²) in [7, 11) is 0. The van der Waals surface area contributed by atoms with Crippen molar-refractivity contribution in [1.82, 2.24) is 4.90 Å². The van der Waals surface area contributed by atoms with Crippen molar-refractivity contribution in [3.8, 4) is 0 Å². The predicted octanol–water partition coefficient (Wildman–Crippen LogP) is 4.86. The maximum absolute atomic E-state index is 2.69. The molecule has 1 heterocycles. The zero-order chi connectivity index (χ0) is 12.3. The molecule has 0 amide bonds. The van der Waals surface area contributed by atoms with Gasteiger partial charge in [0.05, 0.1) is 0 Å². The average molecular weight is 239 g/mol. The van der Waals surface area contributed by atoms with Gasteiger partial charge >= 0.3 is 0 Å². The van der Waals surface area contributed by atoms with Gasteiger partial charge in [-0.25, -0.2) is 0 Å². The van der Waals surface area contributed by atoms with Crippen molar-refractivity contribution in [2.24, 2.45) is 5.92 Å². The molecule has 1 aliphatic heterocycles. The Kier molecular flexibility index (Phi) is 8.78. The second-order valence-electron chi connectivity index (χ2n) is 5.84. The van der Waals surface area contributed by atoms with Crippen LogP contribution in [0, 0.1) is 5.92 Å². The number of rotatable bonds is 10. The van der Waals surface area contributed by atoms with Gasteiger partial charge in [0.15, 0.2) is 0 Å². The Bertz CT molecular complexity index is 167. The molecule has 0 spiro atoms. The van der Waals surface area contributed by atoms with E-state index in [0.717, 1.165) is 5.92 Å². The van der Waals surface area contributed by atoms with Crippen LogP contribution in [0.4, 0.5) is 0 Å². The molecule has 0 bridgehead atoms. The van der Waals surface area contributed by atoms with Gasteiger partial charge in [-0.2, -0.15) is 0 Å². The van der Waals surface area contributed by atoms with Crippen molar-refractivity contribution in [2.75, 3.05) is 19.6 Å². The summed E-state index contributed by atoms with van der Waals surface area (Å²) in [5, 5.41) is 0. The molecule has 1 rings (SSSR count). The second kappa shape index (κ2) is 9.94. The SMILES string of the molecule is CCCCCCCCCCN1CCC(CC)C1. The van der Waals surface area contributed by atoms with Crippen LogP contribution in [0.1, 0.15) is 78.1 Å². The van der Waals surface area contributed by atoms with E-state index < -0.39 is 0 Å². The molecule has 1 heteroatoms. The lowest BCUT2D eigenvalue weighted by Crippen LogP contribution is -2.21. The molecule has 1 saturated heterocycles. The second-order valence-corrected chi connectivity index (χ2v) is 5.84. The Labute approximate surface area is 109 Å². The minimum Gasteiger partial charge on any atom is -0.303 e. The first kappa shape index (κ1) is 15.0. The van der Waals surface area contributed by atoms with E-state index in [4.69, 9.17) is 0 Å². The molecular formula is C16H33N. The molecule has 0 radical (unpaired) electrons. The van der Waals surface area contributed by atoms with Crippen LogP contribution >= 0.6 is 0 Å². The van der Waals surface area contributed by atoms with Crippen molar-refractivity contribution in [3.05, 3.63) is 0 Å². The summed E-state index contributed by atoms with van der Waals surface area (Å²) in [4.78, 5) is 2.69. The number of unbranched alkanes of at least 4 members (excludes halogenated alkanes) is 7. The van der Waals surface area contributed by atoms with Crippen LogP contribution in [0.3, 0.4) is 0 Å². The Morgan fingerprint density at radius 2 is 1.53 bits per heavy atom. The lowest BCUT2D eigenvalue weighted by atomic mass is 10.1. The van der Waals surface area contributed by atoms with E-state index in [-0.39, 0.29) is 0 Å². The average Bonchev–Trinajstić information content (AvgIpc) is 2.80. The Hall–Kier alpha value is -0.0400. The van der Waals surface area contributed by atoms with Gasteiger partial charge in [-0.3, -0.25) is 0 Å². The Morgan fingerprint density at radius 1 is 0.882 bits per heavy atom. The normalized spacial score (nSPS) is 21.2. The lowest BCUT2D eigenvalue weighted by molar-refractivity contribution is 0.313. The molecule has 0 aromatic rings. The molecule has 1 atom stereocenters. The van der Waals surface area contributed by atoms with Crippen LogP contribution in [-0.2, 0) is 0 Å². The summed E-state index contributed by atoms with van der Waals surface area (Å²) in [6.45, 7) is 8.75. The van der Waals surface area contributed by atoms with E-state index in [0.29, 0.717) is 0 Å². The smallest absolute Gasteiger partial charge is 0.00100 e. The molecule has 17 heavy (non-hydrogen) atoms. The largest absolute Gasteiger partial charge is 0.303 e. The summed E-state index contributed by atoms with van der Waals surface area (Å²) < 4.78 is 0. The maximum Gasteiger partial charge on any atom is 0.00100 e. The highest BCUT2D eigenvalue weighted by molar-refractivity contribution is 4.74. The van der Waals surface area contributed by atoms with Crippen molar-refractivity contribution in [2.45, 2.75) is 78.1 Å². The standard InChI is InChI=1S/C16H33N/c1-3-5-6-7-8-9-10-11-13-17-14-12-16(4-2)15-17/h16H,3-15H2,1-2H3. The molecule has 1 unspecified atom stereocenters. The third-order valence-corrected chi connectivity index (χ3v) is 4.28. The highest BCUT2D eigenvalue weighted by atomic mass is 15.1. The summed E-state index contributed by atoms with van der Waals surface area (Å²) in [5.74, 6) is 1.00. The molecule has 0 aromatic heterocycles. The Balaban J connectivity index is 1.81. The highest BCUT2D eigenvalue weighted by Gasteiger charge is 2.19. The third-order valence-electron chi connectivity index (χ3n) is 4.28. The van der Waals surface area contributed by atoms with Crippen LogP contribution in [0.25, 0.3) is 0 Å². The van der Waals surface area contributed by atoms with Crippen molar-refractivity contribution in [3.63, 3.8) is 0 Å². The van der Waals surface area contributed by atoms with Crippen molar-refractivity contribution < 1.29 is 0 Å². The molecule has 0 aliphatic carbocycles. The highest BCUT2D eigenvalue weighted by Crippen LogP contribution is 2.19. The van der Waals surface area contributed by atoms with Gasteiger partial charge in [-0.15, -0.1) is 0 Å². The topological polar surface area (TPSA) is 3.24 Å². The first-order valence-electron chi connectivity index (χ1n) is 8.09. The molecule has 1 aliphatic rings. The Morgan fingerprint density at radius 3 is 2.12 bits per heavy atom. The van der Waals surface area contributed by atoms with Gasteiger partial charge in [-0.05, 0) is 31.8 Å². The summed E-state index contributed by atoms with van der Waals surface area (Å²) in [6, 6.07) is 0. The van der Waals surface area contributed by atoms with Gasteiger partial charge in [0.2, 0.25) is 0 Å². The van der Waals surface area contributed by atoms with E-state index in [1.54, 1.807) is 0 Å². The molecule has 0 aromatic carbocycles. The fourth-order valence-corrected chi connectivity index (χ4v) is 2.92. The minimum absolute atomic E-state index is 1.00. The number of likely N-dealkylation sites (tertiary alicyclic amines) is 1. The van der Waals surface area contributed by atoms with Crippen LogP contribution < -0.4 is 0 Å². The van der Waals surface area contributed by atoms with Crippen LogP contribution in [-0.4, -0.2) is 24.5 Å². The molecule has 1 fully saturated rings. The minimum atomic E-state index is 1.00. The fraction of sp³-hybridized carbons (Fsp3) is 1.00. The number of nitrogens with zero attached hydrogens (tertiary/aromatic N) is 1. The zero-order valence-corrected chi connectivity index (χ0v) is 12.2. The number of hydrogen-bond donors (Lipinski definition) is 0. The van der Waals surface area contributed by atoms with E-state index in [1.165, 1.54) is 83.8 Å². The molecule has 0 saturated carbocycles. The van der Waals surface area contributed by atoms with Crippen LogP contribution in [0.15, 0.2) is 0 Å². The monoisotopic (exact) mass is 239 g/mol. The zero-order valence-electron chi connectivity index (χ0n) is 12.2. The van der Waals surface area contributed by atoms with Gasteiger partial charge < -0.3 is 4.90 Å². The van der Waals surface area contributed by atoms with Crippen LogP contribution in [0.2, 0.25) is 0 Å². The quantitative estimate of drug-likeness (QED) is 0.492. The summed E-state index contributed by atoms with van der Waals surface area (Å²) in [5.41, 5.74) is 0.